The molecule has 0 aromatic carbocycles. The molecule has 0 heterocycles. The number of hydrogen-bond acceptors (Lipinski definition) is 17. The molecule has 0 aromatic rings. The summed E-state index contributed by atoms with van der Waals surface area (Å²) in [6.07, 6.45) is 2.00. The second-order valence-electron chi connectivity index (χ2n) is 12.2. The predicted octanol–water partition coefficient (Wildman–Crippen LogP) is -1.34. The summed E-state index contributed by atoms with van der Waals surface area (Å²) < 4.78 is 65.3. The molecule has 0 bridgehead atoms. The number of hydrogen-bond donors (Lipinski definition) is 5. The third-order valence-electron chi connectivity index (χ3n) is 7.33. The SMILES string of the molecule is NC(=O)[C@@H](N)CCCCNC(=O)CCOCCOCCOCCOCCOCCOCCOCCOCCOCCOCCOCCOCCNC(=O)CCC(=O)O. The van der Waals surface area contributed by atoms with Gasteiger partial charge in [-0.2, -0.15) is 0 Å². The highest BCUT2D eigenvalue weighted by molar-refractivity contribution is 5.80. The van der Waals surface area contributed by atoms with Crippen LogP contribution in [0.3, 0.4) is 0 Å². The first-order chi connectivity index (χ1) is 28.3. The fourth-order valence-corrected chi connectivity index (χ4v) is 4.21. The number of carboxylic acids is 1. The molecule has 0 aliphatic carbocycles. The van der Waals surface area contributed by atoms with Gasteiger partial charge in [-0.1, -0.05) is 0 Å². The van der Waals surface area contributed by atoms with Gasteiger partial charge in [-0.05, 0) is 19.3 Å². The van der Waals surface area contributed by atoms with E-state index in [1.807, 2.05) is 0 Å². The van der Waals surface area contributed by atoms with Gasteiger partial charge in [0.2, 0.25) is 17.7 Å². The quantitative estimate of drug-likeness (QED) is 0.0443. The van der Waals surface area contributed by atoms with Gasteiger partial charge in [0, 0.05) is 25.9 Å². The van der Waals surface area contributed by atoms with Gasteiger partial charge in [0.05, 0.1) is 171 Å². The molecule has 0 saturated carbocycles. The van der Waals surface area contributed by atoms with Crippen molar-refractivity contribution >= 4 is 23.7 Å². The van der Waals surface area contributed by atoms with E-state index in [-0.39, 0.29) is 31.1 Å². The Balaban J connectivity index is 3.15. The summed E-state index contributed by atoms with van der Waals surface area (Å²) in [4.78, 5) is 44.4. The van der Waals surface area contributed by atoms with Crippen molar-refractivity contribution in [2.24, 2.45) is 11.5 Å². The number of primary amides is 1. The molecule has 0 unspecified atom stereocenters. The maximum Gasteiger partial charge on any atom is 0.303 e. The highest BCUT2D eigenvalue weighted by Gasteiger charge is 2.08. The van der Waals surface area contributed by atoms with Crippen LogP contribution in [0.15, 0.2) is 0 Å². The van der Waals surface area contributed by atoms with Crippen molar-refractivity contribution in [2.75, 3.05) is 172 Å². The number of nitrogens with one attached hydrogen (secondary N) is 2. The standard InChI is InChI=1S/C37H72N4O17/c38-33(37(39)46)3-1-2-7-40-35(43)6-9-47-11-13-49-15-17-51-19-21-53-23-25-55-27-29-57-31-32-58-30-28-56-26-24-54-22-20-52-18-16-50-14-12-48-10-8-41-34(42)4-5-36(44)45/h33H,1-32,38H2,(H2,39,46)(H,40,43)(H,41,42)(H,44,45)/t33-/m0/s1. The number of rotatable bonds is 48. The summed E-state index contributed by atoms with van der Waals surface area (Å²) in [7, 11) is 0. The minimum absolute atomic E-state index is 0.0421. The molecule has 342 valence electrons. The molecular weight excluding hydrogens is 772 g/mol. The summed E-state index contributed by atoms with van der Waals surface area (Å²) in [6.45, 7) is 11.3. The van der Waals surface area contributed by atoms with Gasteiger partial charge in [-0.25, -0.2) is 0 Å². The Labute approximate surface area is 342 Å². The zero-order chi connectivity index (χ0) is 42.4. The Morgan fingerprint density at radius 3 is 1.02 bits per heavy atom. The van der Waals surface area contributed by atoms with Crippen molar-refractivity contribution in [1.29, 1.82) is 0 Å². The van der Waals surface area contributed by atoms with Crippen LogP contribution in [-0.4, -0.2) is 206 Å². The van der Waals surface area contributed by atoms with E-state index in [9.17, 15) is 19.2 Å². The molecule has 0 spiro atoms. The minimum Gasteiger partial charge on any atom is -0.481 e. The average Bonchev–Trinajstić information content (AvgIpc) is 3.20. The molecule has 0 radical (unpaired) electrons. The van der Waals surface area contributed by atoms with Crippen LogP contribution < -0.4 is 22.1 Å². The molecule has 0 aromatic heterocycles. The minimum atomic E-state index is -1.00. The van der Waals surface area contributed by atoms with E-state index >= 15 is 0 Å². The van der Waals surface area contributed by atoms with Crippen LogP contribution in [0, 0.1) is 0 Å². The van der Waals surface area contributed by atoms with Crippen LogP contribution in [0.25, 0.3) is 0 Å². The van der Waals surface area contributed by atoms with Gasteiger partial charge >= 0.3 is 5.97 Å². The summed E-state index contributed by atoms with van der Waals surface area (Å²) in [5, 5.41) is 13.9. The van der Waals surface area contributed by atoms with E-state index in [1.54, 1.807) is 0 Å². The van der Waals surface area contributed by atoms with Crippen LogP contribution in [0.2, 0.25) is 0 Å². The van der Waals surface area contributed by atoms with E-state index in [0.29, 0.717) is 178 Å². The largest absolute Gasteiger partial charge is 0.481 e. The average molecular weight is 845 g/mol. The monoisotopic (exact) mass is 844 g/mol. The summed E-state index contributed by atoms with van der Waals surface area (Å²) >= 11 is 0. The van der Waals surface area contributed by atoms with Crippen molar-refractivity contribution in [1.82, 2.24) is 10.6 Å². The van der Waals surface area contributed by atoms with Crippen molar-refractivity contribution in [3.05, 3.63) is 0 Å². The third-order valence-corrected chi connectivity index (χ3v) is 7.33. The van der Waals surface area contributed by atoms with Gasteiger partial charge in [0.1, 0.15) is 0 Å². The zero-order valence-electron chi connectivity index (χ0n) is 34.3. The number of aliphatic carboxylic acids is 1. The number of carbonyl (C=O) groups excluding carboxylic acids is 3. The van der Waals surface area contributed by atoms with Gasteiger partial charge in [0.15, 0.2) is 0 Å². The predicted molar refractivity (Wildman–Crippen MR) is 208 cm³/mol. The number of carboxylic acid groups (broad SMARTS) is 1. The van der Waals surface area contributed by atoms with Gasteiger partial charge in [-0.3, -0.25) is 19.2 Å². The molecular formula is C37H72N4O17. The number of unbranched alkanes of at least 4 members (excludes halogenated alkanes) is 1. The Kier molecular flexibility index (Phi) is 43.4. The normalized spacial score (nSPS) is 11.8. The van der Waals surface area contributed by atoms with Crippen LogP contribution in [0.1, 0.15) is 38.5 Å². The van der Waals surface area contributed by atoms with E-state index in [0.717, 1.165) is 12.8 Å². The van der Waals surface area contributed by atoms with Gasteiger partial charge < -0.3 is 84.0 Å². The van der Waals surface area contributed by atoms with E-state index in [2.05, 4.69) is 10.6 Å². The van der Waals surface area contributed by atoms with E-state index in [1.165, 1.54) is 0 Å². The fourth-order valence-electron chi connectivity index (χ4n) is 4.21. The number of ether oxygens (including phenoxy) is 12. The first-order valence-electron chi connectivity index (χ1n) is 20.1. The summed E-state index contributed by atoms with van der Waals surface area (Å²) in [5.74, 6) is -1.92. The van der Waals surface area contributed by atoms with Crippen molar-refractivity contribution in [2.45, 2.75) is 44.6 Å². The van der Waals surface area contributed by atoms with Crippen LogP contribution in [-0.2, 0) is 76.0 Å². The number of amides is 3. The van der Waals surface area contributed by atoms with E-state index in [4.69, 9.17) is 73.4 Å². The van der Waals surface area contributed by atoms with Crippen molar-refractivity contribution in [3.63, 3.8) is 0 Å². The maximum absolute atomic E-state index is 11.8. The van der Waals surface area contributed by atoms with Gasteiger partial charge in [0.25, 0.3) is 0 Å². The summed E-state index contributed by atoms with van der Waals surface area (Å²) in [5.41, 5.74) is 10.7. The molecule has 0 fully saturated rings. The second kappa shape index (κ2) is 45.4. The van der Waals surface area contributed by atoms with E-state index < -0.39 is 17.9 Å². The first-order valence-corrected chi connectivity index (χ1v) is 20.1. The lowest BCUT2D eigenvalue weighted by atomic mass is 10.1. The van der Waals surface area contributed by atoms with Crippen LogP contribution >= 0.6 is 0 Å². The smallest absolute Gasteiger partial charge is 0.303 e. The maximum atomic E-state index is 11.8. The molecule has 7 N–H and O–H groups in total. The van der Waals surface area contributed by atoms with Crippen molar-refractivity contribution in [3.8, 4) is 0 Å². The third kappa shape index (κ3) is 46.1. The topological polar surface area (TPSA) is 275 Å². The Hall–Kier alpha value is -2.64. The Morgan fingerprint density at radius 1 is 0.397 bits per heavy atom. The lowest BCUT2D eigenvalue weighted by molar-refractivity contribution is -0.138. The van der Waals surface area contributed by atoms with Crippen LogP contribution in [0.5, 0.6) is 0 Å². The van der Waals surface area contributed by atoms with Crippen LogP contribution in [0.4, 0.5) is 0 Å². The zero-order valence-corrected chi connectivity index (χ0v) is 34.3. The molecule has 0 aliphatic rings. The highest BCUT2D eigenvalue weighted by atomic mass is 16.6. The fraction of sp³-hybridized carbons (Fsp3) is 0.892. The number of carbonyl (C=O) groups is 4. The Bertz CT molecular complexity index is 957. The molecule has 0 aliphatic heterocycles. The molecule has 0 rings (SSSR count). The van der Waals surface area contributed by atoms with Gasteiger partial charge in [-0.15, -0.1) is 0 Å². The molecule has 21 nitrogen and oxygen atoms in total. The van der Waals surface area contributed by atoms with Crippen molar-refractivity contribution < 1.29 is 81.1 Å². The lowest BCUT2D eigenvalue weighted by Crippen LogP contribution is -2.36. The second-order valence-corrected chi connectivity index (χ2v) is 12.2. The highest BCUT2D eigenvalue weighted by Crippen LogP contribution is 1.98. The summed E-state index contributed by atoms with van der Waals surface area (Å²) in [6, 6.07) is -0.636. The molecule has 0 saturated heterocycles. The lowest BCUT2D eigenvalue weighted by Gasteiger charge is -2.09. The molecule has 58 heavy (non-hydrogen) atoms. The molecule has 21 heteroatoms. The molecule has 1 atom stereocenters. The first kappa shape index (κ1) is 55.4. The Morgan fingerprint density at radius 2 is 0.690 bits per heavy atom. The molecule has 3 amide bonds. The number of nitrogens with two attached hydrogens (primary N) is 2.